The molecule has 1 saturated heterocycles. The van der Waals surface area contributed by atoms with Crippen molar-refractivity contribution in [3.05, 3.63) is 36.9 Å². The molecule has 0 aliphatic carbocycles. The van der Waals surface area contributed by atoms with E-state index in [0.717, 1.165) is 22.9 Å². The first kappa shape index (κ1) is 18.5. The minimum absolute atomic E-state index is 0.111. The monoisotopic (exact) mass is 348 g/mol. The van der Waals surface area contributed by atoms with Gasteiger partial charge >= 0.3 is 5.97 Å². The van der Waals surface area contributed by atoms with Crippen molar-refractivity contribution in [3.8, 4) is 0 Å². The highest BCUT2D eigenvalue weighted by Crippen LogP contribution is 2.27. The number of anilines is 1. The maximum absolute atomic E-state index is 12.4. The molecule has 0 aromatic heterocycles. The van der Waals surface area contributed by atoms with Gasteiger partial charge in [0.2, 0.25) is 5.91 Å². The molecule has 1 aromatic carbocycles. The van der Waals surface area contributed by atoms with Crippen LogP contribution in [0.15, 0.2) is 41.8 Å². The number of thioether (sulfide) groups is 1. The maximum atomic E-state index is 12.4. The summed E-state index contributed by atoms with van der Waals surface area (Å²) in [6.45, 7) is 7.14. The molecule has 2 atom stereocenters. The van der Waals surface area contributed by atoms with Gasteiger partial charge in [-0.3, -0.25) is 14.5 Å². The number of hydrogen-bond donors (Lipinski definition) is 2. The Balaban J connectivity index is 1.95. The van der Waals surface area contributed by atoms with Crippen LogP contribution in [0.4, 0.5) is 5.69 Å². The van der Waals surface area contributed by atoms with Crippen LogP contribution in [-0.2, 0) is 9.59 Å². The summed E-state index contributed by atoms with van der Waals surface area (Å²) in [5.74, 6) is -0.227. The summed E-state index contributed by atoms with van der Waals surface area (Å²) in [4.78, 5) is 26.5. The summed E-state index contributed by atoms with van der Waals surface area (Å²) in [5, 5.41) is 12.2. The fraction of sp³-hybridized carbons (Fsp3) is 0.444. The minimum atomic E-state index is -0.780. The topological polar surface area (TPSA) is 69.6 Å². The Hall–Kier alpha value is -1.79. The van der Waals surface area contributed by atoms with E-state index in [9.17, 15) is 14.7 Å². The van der Waals surface area contributed by atoms with Crippen LogP contribution in [0.5, 0.6) is 0 Å². The van der Waals surface area contributed by atoms with Gasteiger partial charge in [-0.05, 0) is 24.5 Å². The predicted octanol–water partition coefficient (Wildman–Crippen LogP) is 2.95. The molecular formula is C18H24N2O3S. The van der Waals surface area contributed by atoms with Gasteiger partial charge in [-0.25, -0.2) is 0 Å². The first-order chi connectivity index (χ1) is 11.5. The smallest absolute Gasteiger partial charge is 0.307 e. The van der Waals surface area contributed by atoms with Crippen LogP contribution in [0, 0.1) is 11.8 Å². The van der Waals surface area contributed by atoms with Crippen molar-refractivity contribution < 1.29 is 14.7 Å². The van der Waals surface area contributed by atoms with E-state index in [2.05, 4.69) is 11.9 Å². The van der Waals surface area contributed by atoms with Gasteiger partial charge in [0, 0.05) is 23.7 Å². The number of nitrogens with zero attached hydrogens (tertiary/aromatic N) is 1. The number of amides is 1. The van der Waals surface area contributed by atoms with Gasteiger partial charge in [0.05, 0.1) is 18.2 Å². The van der Waals surface area contributed by atoms with Crippen LogP contribution < -0.4 is 5.32 Å². The summed E-state index contributed by atoms with van der Waals surface area (Å²) < 4.78 is 0. The van der Waals surface area contributed by atoms with Crippen LogP contribution in [0.25, 0.3) is 0 Å². The molecule has 0 saturated carbocycles. The number of hydrogen-bond acceptors (Lipinski definition) is 4. The van der Waals surface area contributed by atoms with Gasteiger partial charge in [-0.15, -0.1) is 18.3 Å². The van der Waals surface area contributed by atoms with Crippen LogP contribution in [-0.4, -0.2) is 47.3 Å². The van der Waals surface area contributed by atoms with E-state index in [1.54, 1.807) is 11.8 Å². The number of carbonyl (C=O) groups excluding carboxylic acids is 1. The third-order valence-electron chi connectivity index (χ3n) is 3.97. The molecule has 0 spiro atoms. The van der Waals surface area contributed by atoms with Gasteiger partial charge in [-0.1, -0.05) is 25.1 Å². The number of carboxylic acid groups (broad SMARTS) is 1. The average molecular weight is 348 g/mol. The van der Waals surface area contributed by atoms with Gasteiger partial charge in [-0.2, -0.15) is 0 Å². The predicted molar refractivity (Wildman–Crippen MR) is 97.3 cm³/mol. The summed E-state index contributed by atoms with van der Waals surface area (Å²) >= 11 is 1.62. The highest BCUT2D eigenvalue weighted by Gasteiger charge is 2.30. The number of nitrogens with one attached hydrogen (secondary N) is 1. The largest absolute Gasteiger partial charge is 0.481 e. The number of aliphatic carboxylic acids is 1. The molecule has 6 heteroatoms. The molecule has 130 valence electrons. The quantitative estimate of drug-likeness (QED) is 0.586. The lowest BCUT2D eigenvalue weighted by atomic mass is 9.90. The average Bonchev–Trinajstić information content (AvgIpc) is 2.53. The number of carboxylic acids is 1. The normalized spacial score (nSPS) is 21.2. The number of para-hydroxylation sites is 1. The van der Waals surface area contributed by atoms with E-state index < -0.39 is 11.9 Å². The van der Waals surface area contributed by atoms with Crippen molar-refractivity contribution in [3.63, 3.8) is 0 Å². The molecule has 1 fully saturated rings. The zero-order valence-corrected chi connectivity index (χ0v) is 14.7. The van der Waals surface area contributed by atoms with Crippen molar-refractivity contribution in [2.45, 2.75) is 18.2 Å². The molecule has 1 heterocycles. The fourth-order valence-corrected chi connectivity index (χ4v) is 3.75. The zero-order valence-electron chi connectivity index (χ0n) is 13.9. The third-order valence-corrected chi connectivity index (χ3v) is 5.04. The Bertz CT molecular complexity index is 606. The lowest BCUT2D eigenvalue weighted by Crippen LogP contribution is -2.45. The fourth-order valence-electron chi connectivity index (χ4n) is 3.01. The second-order valence-electron chi connectivity index (χ2n) is 6.21. The SMILES string of the molecule is C=CCSc1ccccc1NC(=O)CN1CC(C)CC(C(=O)O)C1. The Morgan fingerprint density at radius 3 is 2.88 bits per heavy atom. The molecule has 0 radical (unpaired) electrons. The Labute approximate surface area is 147 Å². The number of likely N-dealkylation sites (tertiary alicyclic amines) is 1. The third kappa shape index (κ3) is 5.39. The maximum Gasteiger partial charge on any atom is 0.307 e. The Kier molecular flexibility index (Phi) is 6.87. The van der Waals surface area contributed by atoms with E-state index >= 15 is 0 Å². The molecule has 2 N–H and O–H groups in total. The highest BCUT2D eigenvalue weighted by molar-refractivity contribution is 7.99. The summed E-state index contributed by atoms with van der Waals surface area (Å²) in [7, 11) is 0. The molecule has 1 amide bonds. The van der Waals surface area contributed by atoms with Crippen LogP contribution in [0.1, 0.15) is 13.3 Å². The lowest BCUT2D eigenvalue weighted by molar-refractivity contribution is -0.144. The molecule has 1 aliphatic rings. The van der Waals surface area contributed by atoms with Crippen molar-refractivity contribution in [1.29, 1.82) is 0 Å². The molecular weight excluding hydrogens is 324 g/mol. The highest BCUT2D eigenvalue weighted by atomic mass is 32.2. The summed E-state index contributed by atoms with van der Waals surface area (Å²) in [5.41, 5.74) is 0.786. The Morgan fingerprint density at radius 1 is 1.42 bits per heavy atom. The van der Waals surface area contributed by atoms with Crippen LogP contribution >= 0.6 is 11.8 Å². The zero-order chi connectivity index (χ0) is 17.5. The van der Waals surface area contributed by atoms with Crippen LogP contribution in [0.3, 0.4) is 0 Å². The van der Waals surface area contributed by atoms with Crippen molar-refractivity contribution in [1.82, 2.24) is 4.90 Å². The molecule has 1 aliphatic heterocycles. The Morgan fingerprint density at radius 2 is 2.17 bits per heavy atom. The minimum Gasteiger partial charge on any atom is -0.481 e. The molecule has 1 aromatic rings. The van der Waals surface area contributed by atoms with Gasteiger partial charge < -0.3 is 10.4 Å². The van der Waals surface area contributed by atoms with Crippen molar-refractivity contribution in [2.24, 2.45) is 11.8 Å². The van der Waals surface area contributed by atoms with Crippen molar-refractivity contribution in [2.75, 3.05) is 30.7 Å². The first-order valence-electron chi connectivity index (χ1n) is 8.07. The molecule has 0 bridgehead atoms. The van der Waals surface area contributed by atoms with Gasteiger partial charge in [0.25, 0.3) is 0 Å². The van der Waals surface area contributed by atoms with E-state index in [4.69, 9.17) is 0 Å². The molecule has 5 nitrogen and oxygen atoms in total. The number of benzene rings is 1. The number of piperidine rings is 1. The standard InChI is InChI=1S/C18H24N2O3S/c1-3-8-24-16-7-5-4-6-15(16)19-17(21)12-20-10-13(2)9-14(11-20)18(22)23/h3-7,13-14H,1,8-12H2,2H3,(H,19,21)(H,22,23). The van der Waals surface area contributed by atoms with Crippen LogP contribution in [0.2, 0.25) is 0 Å². The lowest BCUT2D eigenvalue weighted by Gasteiger charge is -2.34. The van der Waals surface area contributed by atoms with Crippen molar-refractivity contribution >= 4 is 29.3 Å². The summed E-state index contributed by atoms with van der Waals surface area (Å²) in [6.07, 6.45) is 2.50. The van der Waals surface area contributed by atoms with E-state index in [1.165, 1.54) is 0 Å². The number of rotatable bonds is 7. The number of carbonyl (C=O) groups is 2. The first-order valence-corrected chi connectivity index (χ1v) is 9.06. The molecule has 2 unspecified atom stereocenters. The van der Waals surface area contributed by atoms with E-state index in [1.807, 2.05) is 42.2 Å². The van der Waals surface area contributed by atoms with E-state index in [-0.39, 0.29) is 18.4 Å². The van der Waals surface area contributed by atoms with E-state index in [0.29, 0.717) is 13.0 Å². The molecule has 24 heavy (non-hydrogen) atoms. The molecule has 2 rings (SSSR count). The second kappa shape index (κ2) is 8.89. The van der Waals surface area contributed by atoms with Gasteiger partial charge in [0.1, 0.15) is 0 Å². The summed E-state index contributed by atoms with van der Waals surface area (Å²) in [6, 6.07) is 7.66. The van der Waals surface area contributed by atoms with Gasteiger partial charge in [0.15, 0.2) is 0 Å². The second-order valence-corrected chi connectivity index (χ2v) is 7.28.